The zero-order valence-electron chi connectivity index (χ0n) is 6.20. The highest BCUT2D eigenvalue weighted by Crippen LogP contribution is 2.34. The fourth-order valence-electron chi connectivity index (χ4n) is 1.16. The minimum atomic E-state index is 0.969. The first kappa shape index (κ1) is 6.68. The van der Waals surface area contributed by atoms with Gasteiger partial charge in [-0.25, -0.2) is 0 Å². The molecule has 2 heteroatoms. The molecule has 0 N–H and O–H groups in total. The van der Waals surface area contributed by atoms with E-state index in [0.29, 0.717) is 0 Å². The molecule has 0 atom stereocenters. The molecule has 0 aromatic heterocycles. The summed E-state index contributed by atoms with van der Waals surface area (Å²) in [7, 11) is 1.70. The molecule has 2 rings (SSSR count). The molecule has 0 saturated heterocycles. The van der Waals surface area contributed by atoms with Gasteiger partial charge in [0.2, 0.25) is 0 Å². The van der Waals surface area contributed by atoms with E-state index in [9.17, 15) is 0 Å². The van der Waals surface area contributed by atoms with E-state index in [1.54, 1.807) is 18.4 Å². The number of fused-ring (bicyclic) bond motifs is 1. The van der Waals surface area contributed by atoms with E-state index in [1.165, 1.54) is 11.1 Å². The van der Waals surface area contributed by atoms with Gasteiger partial charge >= 0.3 is 0 Å². The lowest BCUT2D eigenvalue weighted by Gasteiger charge is -1.99. The first-order valence-corrected chi connectivity index (χ1v) is 4.35. The molecular weight excluding hydrogens is 156 g/mol. The molecule has 0 unspecified atom stereocenters. The van der Waals surface area contributed by atoms with Crippen LogP contribution in [0.3, 0.4) is 0 Å². The van der Waals surface area contributed by atoms with Crippen LogP contribution in [0.25, 0.3) is 11.1 Å². The quantitative estimate of drug-likeness (QED) is 0.629. The van der Waals surface area contributed by atoms with Crippen molar-refractivity contribution in [2.45, 2.75) is 0 Å². The van der Waals surface area contributed by atoms with Gasteiger partial charge in [-0.15, -0.1) is 0 Å². The molecule has 0 aromatic carbocycles. The Hall–Kier alpha value is -1.02. The smallest absolute Gasteiger partial charge is 0.127 e. The number of methoxy groups -OCH3 is 1. The van der Waals surface area contributed by atoms with E-state index in [4.69, 9.17) is 4.74 Å². The van der Waals surface area contributed by atoms with Crippen LogP contribution in [-0.4, -0.2) is 7.11 Å². The lowest BCUT2D eigenvalue weighted by molar-refractivity contribution is 0.418. The van der Waals surface area contributed by atoms with Gasteiger partial charge in [0.1, 0.15) is 5.75 Å². The monoisotopic (exact) mass is 164 g/mol. The average molecular weight is 164 g/mol. The summed E-state index contributed by atoms with van der Waals surface area (Å²) in [5.41, 5.74) is 2.46. The summed E-state index contributed by atoms with van der Waals surface area (Å²) in [5, 5.41) is 4.18. The first-order valence-electron chi connectivity index (χ1n) is 3.41. The lowest BCUT2D eigenvalue weighted by Crippen LogP contribution is -1.80. The lowest BCUT2D eigenvalue weighted by atomic mass is 10.2. The van der Waals surface area contributed by atoms with Crippen LogP contribution in [0.1, 0.15) is 0 Å². The summed E-state index contributed by atoms with van der Waals surface area (Å²) in [6, 6.07) is 6.17. The van der Waals surface area contributed by atoms with Crippen LogP contribution in [0.5, 0.6) is 5.75 Å². The molecule has 1 heterocycles. The highest BCUT2D eigenvalue weighted by molar-refractivity contribution is 7.08. The summed E-state index contributed by atoms with van der Waals surface area (Å²) >= 11 is 1.69. The van der Waals surface area contributed by atoms with E-state index in [1.807, 2.05) is 6.07 Å². The van der Waals surface area contributed by atoms with Gasteiger partial charge < -0.3 is 4.74 Å². The van der Waals surface area contributed by atoms with Gasteiger partial charge in [-0.1, -0.05) is 6.07 Å². The van der Waals surface area contributed by atoms with Crippen molar-refractivity contribution < 1.29 is 4.74 Å². The van der Waals surface area contributed by atoms with Crippen LogP contribution in [0.2, 0.25) is 0 Å². The molecule has 11 heavy (non-hydrogen) atoms. The van der Waals surface area contributed by atoms with Gasteiger partial charge in [0.15, 0.2) is 0 Å². The first-order chi connectivity index (χ1) is 5.42. The van der Waals surface area contributed by atoms with E-state index in [2.05, 4.69) is 22.9 Å². The predicted octanol–water partition coefficient (Wildman–Crippen LogP) is 2.86. The molecule has 56 valence electrons. The SMILES string of the molecule is COc1ccc2ccscc1-2. The van der Waals surface area contributed by atoms with Crippen LogP contribution in [0.15, 0.2) is 29.0 Å². The summed E-state index contributed by atoms with van der Waals surface area (Å²) < 4.78 is 5.17. The number of hydrogen-bond acceptors (Lipinski definition) is 2. The van der Waals surface area contributed by atoms with Gasteiger partial charge in [-0.2, -0.15) is 11.3 Å². The number of ether oxygens (including phenoxy) is 1. The van der Waals surface area contributed by atoms with Crippen molar-refractivity contribution in [1.82, 2.24) is 0 Å². The third-order valence-electron chi connectivity index (χ3n) is 1.72. The van der Waals surface area contributed by atoms with Gasteiger partial charge in [0.25, 0.3) is 0 Å². The third kappa shape index (κ3) is 0.994. The Kier molecular flexibility index (Phi) is 1.55. The molecule has 0 aromatic rings. The van der Waals surface area contributed by atoms with E-state index < -0.39 is 0 Å². The summed E-state index contributed by atoms with van der Waals surface area (Å²) in [4.78, 5) is 0. The van der Waals surface area contributed by atoms with Crippen molar-refractivity contribution in [3.05, 3.63) is 29.0 Å². The zero-order valence-corrected chi connectivity index (χ0v) is 7.02. The molecule has 0 radical (unpaired) electrons. The van der Waals surface area contributed by atoms with Crippen molar-refractivity contribution in [3.63, 3.8) is 0 Å². The Balaban J connectivity index is 2.64. The van der Waals surface area contributed by atoms with Crippen LogP contribution in [0, 0.1) is 0 Å². The van der Waals surface area contributed by atoms with Crippen LogP contribution in [-0.2, 0) is 0 Å². The van der Waals surface area contributed by atoms with E-state index in [0.717, 1.165) is 5.75 Å². The Morgan fingerprint density at radius 3 is 3.00 bits per heavy atom. The van der Waals surface area contributed by atoms with Crippen molar-refractivity contribution in [2.24, 2.45) is 0 Å². The molecule has 0 fully saturated rings. The van der Waals surface area contributed by atoms with Gasteiger partial charge in [-0.05, 0) is 23.1 Å². The van der Waals surface area contributed by atoms with Gasteiger partial charge in [0.05, 0.1) is 7.11 Å². The Morgan fingerprint density at radius 1 is 1.27 bits per heavy atom. The maximum absolute atomic E-state index is 5.17. The summed E-state index contributed by atoms with van der Waals surface area (Å²) in [5.74, 6) is 0.969. The molecular formula is C9H8OS. The van der Waals surface area contributed by atoms with Crippen molar-refractivity contribution in [1.29, 1.82) is 0 Å². The maximum atomic E-state index is 5.17. The highest BCUT2D eigenvalue weighted by atomic mass is 32.1. The fraction of sp³-hybridized carbons (Fsp3) is 0.111. The minimum absolute atomic E-state index is 0.969. The molecule has 2 aliphatic rings. The second kappa shape index (κ2) is 2.55. The van der Waals surface area contributed by atoms with Crippen molar-refractivity contribution in [3.8, 4) is 16.9 Å². The highest BCUT2D eigenvalue weighted by Gasteiger charge is 2.07. The van der Waals surface area contributed by atoms with Gasteiger partial charge in [0, 0.05) is 10.9 Å². The predicted molar refractivity (Wildman–Crippen MR) is 47.5 cm³/mol. The van der Waals surface area contributed by atoms with E-state index >= 15 is 0 Å². The van der Waals surface area contributed by atoms with Crippen LogP contribution < -0.4 is 4.74 Å². The maximum Gasteiger partial charge on any atom is 0.127 e. The Morgan fingerprint density at radius 2 is 2.18 bits per heavy atom. The van der Waals surface area contributed by atoms with Crippen LogP contribution >= 0.6 is 11.3 Å². The van der Waals surface area contributed by atoms with Crippen molar-refractivity contribution >= 4 is 11.3 Å². The third-order valence-corrected chi connectivity index (χ3v) is 2.39. The second-order valence-corrected chi connectivity index (χ2v) is 3.11. The Bertz CT molecular complexity index is 326. The Labute approximate surface area is 69.6 Å². The molecule has 1 aliphatic carbocycles. The molecule has 0 spiro atoms. The topological polar surface area (TPSA) is 9.23 Å². The normalized spacial score (nSPS) is 10.3. The molecule has 0 bridgehead atoms. The molecule has 0 saturated carbocycles. The molecule has 1 aliphatic heterocycles. The zero-order chi connectivity index (χ0) is 7.68. The van der Waals surface area contributed by atoms with Gasteiger partial charge in [-0.3, -0.25) is 0 Å². The summed E-state index contributed by atoms with van der Waals surface area (Å²) in [6.45, 7) is 0. The van der Waals surface area contributed by atoms with E-state index in [-0.39, 0.29) is 0 Å². The largest absolute Gasteiger partial charge is 0.496 e. The summed E-state index contributed by atoms with van der Waals surface area (Å²) in [6.07, 6.45) is 0. The number of rotatable bonds is 1. The van der Waals surface area contributed by atoms with Crippen molar-refractivity contribution in [2.75, 3.05) is 7.11 Å². The molecule has 0 amide bonds. The standard InChI is InChI=1S/C9H8OS/c1-10-9-3-2-7-4-5-11-6-8(7)9/h2-6H,1H3. The fourth-order valence-corrected chi connectivity index (χ4v) is 1.85. The van der Waals surface area contributed by atoms with Crippen LogP contribution in [0.4, 0.5) is 0 Å². The second-order valence-electron chi connectivity index (χ2n) is 2.33. The minimum Gasteiger partial charge on any atom is -0.496 e. The molecule has 1 nitrogen and oxygen atoms in total. The number of hydrogen-bond donors (Lipinski definition) is 0. The average Bonchev–Trinajstić information content (AvgIpc) is 2.47.